The fourth-order valence-electron chi connectivity index (χ4n) is 3.99. The zero-order valence-corrected chi connectivity index (χ0v) is 18.5. The predicted molar refractivity (Wildman–Crippen MR) is 117 cm³/mol. The van der Waals surface area contributed by atoms with Crippen LogP contribution in [0.25, 0.3) is 16.7 Å². The van der Waals surface area contributed by atoms with Crippen molar-refractivity contribution in [2.45, 2.75) is 32.4 Å². The number of aromatic nitrogens is 4. The third-order valence-electron chi connectivity index (χ3n) is 6.02. The average molecular weight is 507 g/mol. The Kier molecular flexibility index (Phi) is 5.54. The van der Waals surface area contributed by atoms with E-state index in [2.05, 4.69) is 27.0 Å². The van der Waals surface area contributed by atoms with Crippen molar-refractivity contribution < 1.29 is 30.7 Å². The topological polar surface area (TPSA) is 46.3 Å². The highest BCUT2D eigenvalue weighted by Crippen LogP contribution is 2.57. The van der Waals surface area contributed by atoms with Crippen LogP contribution in [0.5, 0.6) is 0 Å². The van der Waals surface area contributed by atoms with Gasteiger partial charge in [0.25, 0.3) is 12.2 Å². The molecule has 0 aliphatic heterocycles. The van der Waals surface area contributed by atoms with Crippen molar-refractivity contribution in [2.24, 2.45) is 5.41 Å². The van der Waals surface area contributed by atoms with Crippen LogP contribution in [0.3, 0.4) is 0 Å². The van der Waals surface area contributed by atoms with Crippen molar-refractivity contribution >= 4 is 28.2 Å². The van der Waals surface area contributed by atoms with Gasteiger partial charge in [-0.25, -0.2) is 17.6 Å². The number of alkyl halides is 5. The molecule has 4 aromatic rings. The van der Waals surface area contributed by atoms with Crippen LogP contribution in [0.4, 0.5) is 42.2 Å². The molecule has 2 aromatic heterocycles. The summed E-state index contributed by atoms with van der Waals surface area (Å²) in [5.41, 5.74) is -1.78. The molecule has 0 bridgehead atoms. The maximum Gasteiger partial charge on any atom is 0.405 e. The summed E-state index contributed by atoms with van der Waals surface area (Å²) >= 11 is 0. The van der Waals surface area contributed by atoms with E-state index in [1.54, 1.807) is 6.92 Å². The lowest BCUT2D eigenvalue weighted by molar-refractivity contribution is -0.168. The molecule has 0 spiro atoms. The number of fused-ring (bicyclic) bond motifs is 3. The van der Waals surface area contributed by atoms with Gasteiger partial charge in [-0.3, -0.25) is 4.40 Å². The molecule has 0 atom stereocenters. The molecule has 1 aliphatic rings. The summed E-state index contributed by atoms with van der Waals surface area (Å²) in [4.78, 5) is 5.16. The van der Waals surface area contributed by atoms with Crippen LogP contribution in [0.15, 0.2) is 36.4 Å². The first-order chi connectivity index (χ1) is 17.0. The molecule has 2 aromatic carbocycles. The Labute approximate surface area is 199 Å². The highest BCUT2D eigenvalue weighted by atomic mass is 19.4. The smallest absolute Gasteiger partial charge is 0.320 e. The van der Waals surface area contributed by atoms with Crippen LogP contribution >= 0.6 is 0 Å². The highest BCUT2D eigenvalue weighted by Gasteiger charge is 2.62. The lowest BCUT2D eigenvalue weighted by Crippen LogP contribution is -2.26. The Morgan fingerprint density at radius 1 is 1.11 bits per heavy atom. The summed E-state index contributed by atoms with van der Waals surface area (Å²) in [5.74, 6) is 2.16. The Hall–Kier alpha value is -3.88. The summed E-state index contributed by atoms with van der Waals surface area (Å²) in [6, 6.07) is 7.70. The molecule has 1 fully saturated rings. The second-order valence-corrected chi connectivity index (χ2v) is 8.46. The minimum Gasteiger partial charge on any atom is -0.320 e. The van der Waals surface area contributed by atoms with Gasteiger partial charge in [0.2, 0.25) is 0 Å². The van der Waals surface area contributed by atoms with Crippen molar-refractivity contribution in [2.75, 3.05) is 11.4 Å². The fraction of sp³-hybridized carbons (Fsp3) is 0.292. The number of nitrogens with zero attached hydrogens (tertiary/aromatic N) is 5. The van der Waals surface area contributed by atoms with Crippen LogP contribution in [0.1, 0.15) is 24.2 Å². The number of aryl methyl sites for hydroxylation is 1. The van der Waals surface area contributed by atoms with E-state index in [-0.39, 0.29) is 46.6 Å². The Bertz CT molecular complexity index is 1540. The third kappa shape index (κ3) is 3.98. The van der Waals surface area contributed by atoms with E-state index < -0.39 is 36.2 Å². The molecule has 1 aliphatic carbocycles. The lowest BCUT2D eigenvalue weighted by atomic mass is 10.1. The molecular weight excluding hydrogens is 491 g/mol. The van der Waals surface area contributed by atoms with Gasteiger partial charge in [0.05, 0.1) is 17.4 Å². The second kappa shape index (κ2) is 8.36. The molecule has 0 radical (unpaired) electrons. The van der Waals surface area contributed by atoms with E-state index in [1.165, 1.54) is 34.7 Å². The van der Waals surface area contributed by atoms with Crippen molar-refractivity contribution in [3.8, 4) is 11.8 Å². The molecule has 36 heavy (non-hydrogen) atoms. The lowest BCUT2D eigenvalue weighted by Gasteiger charge is -2.25. The third-order valence-corrected chi connectivity index (χ3v) is 6.02. The monoisotopic (exact) mass is 507 g/mol. The quantitative estimate of drug-likeness (QED) is 0.253. The molecule has 2 heterocycles. The molecule has 1 saturated carbocycles. The fourth-order valence-corrected chi connectivity index (χ4v) is 3.99. The van der Waals surface area contributed by atoms with Crippen LogP contribution in [0, 0.1) is 35.8 Å². The van der Waals surface area contributed by atoms with Crippen molar-refractivity contribution in [3.05, 3.63) is 59.4 Å². The number of hydrogen-bond acceptors (Lipinski definition) is 4. The van der Waals surface area contributed by atoms with Gasteiger partial charge < -0.3 is 4.90 Å². The van der Waals surface area contributed by atoms with Gasteiger partial charge in [-0.1, -0.05) is 17.9 Å². The summed E-state index contributed by atoms with van der Waals surface area (Å²) in [6.45, 7) is 0.597. The SMILES string of the molecule is Cc1nnc2nc(N(CC(F)F)c3cccc(C#CC4(C(F)(F)F)CC4)c3)c3c(F)c(F)ccc3n12. The number of rotatable bonds is 4. The Balaban J connectivity index is 1.69. The standard InChI is InChI=1S/C24H16F7N5/c1-13-33-34-22-32-21(19-17(36(13)22)6-5-16(25)20(19)28)35(12-18(26)27)15-4-2-3-14(11-15)7-8-23(9-10-23)24(29,30)31/h2-6,11,18H,9-10,12H2,1H3. The zero-order valence-electron chi connectivity index (χ0n) is 18.5. The van der Waals surface area contributed by atoms with Gasteiger partial charge in [0.1, 0.15) is 17.1 Å². The van der Waals surface area contributed by atoms with Gasteiger partial charge in [-0.2, -0.15) is 18.2 Å². The van der Waals surface area contributed by atoms with Gasteiger partial charge in [0.15, 0.2) is 11.6 Å². The van der Waals surface area contributed by atoms with E-state index in [0.29, 0.717) is 5.82 Å². The maximum atomic E-state index is 15.1. The van der Waals surface area contributed by atoms with Crippen LogP contribution in [-0.4, -0.2) is 38.7 Å². The van der Waals surface area contributed by atoms with Gasteiger partial charge >= 0.3 is 6.18 Å². The molecule has 186 valence electrons. The second-order valence-electron chi connectivity index (χ2n) is 8.46. The molecule has 5 rings (SSSR count). The van der Waals surface area contributed by atoms with E-state index in [9.17, 15) is 26.3 Å². The zero-order chi connectivity index (χ0) is 25.8. The van der Waals surface area contributed by atoms with E-state index in [0.717, 1.165) is 11.0 Å². The number of anilines is 2. The minimum absolute atomic E-state index is 0.0305. The van der Waals surface area contributed by atoms with Crippen LogP contribution < -0.4 is 4.90 Å². The first-order valence-electron chi connectivity index (χ1n) is 10.8. The Morgan fingerprint density at radius 3 is 2.53 bits per heavy atom. The van der Waals surface area contributed by atoms with E-state index in [4.69, 9.17) is 0 Å². The molecular formula is C24H16F7N5. The van der Waals surface area contributed by atoms with Crippen molar-refractivity contribution in [1.29, 1.82) is 0 Å². The van der Waals surface area contributed by atoms with Gasteiger partial charge in [0, 0.05) is 11.3 Å². The maximum absolute atomic E-state index is 15.1. The Morgan fingerprint density at radius 2 is 1.86 bits per heavy atom. The molecule has 0 unspecified atom stereocenters. The number of hydrogen-bond donors (Lipinski definition) is 0. The first kappa shape index (κ1) is 23.8. The van der Waals surface area contributed by atoms with Crippen LogP contribution in [0.2, 0.25) is 0 Å². The van der Waals surface area contributed by atoms with Crippen molar-refractivity contribution in [1.82, 2.24) is 19.6 Å². The molecule has 0 N–H and O–H groups in total. The summed E-state index contributed by atoms with van der Waals surface area (Å²) in [6.07, 6.45) is -7.63. The number of halogens is 7. The number of benzene rings is 2. The van der Waals surface area contributed by atoms with Gasteiger partial charge in [-0.05, 0) is 50.1 Å². The predicted octanol–water partition coefficient (Wildman–Crippen LogP) is 5.96. The largest absolute Gasteiger partial charge is 0.405 e. The molecule has 0 amide bonds. The first-order valence-corrected chi connectivity index (χ1v) is 10.8. The van der Waals surface area contributed by atoms with E-state index in [1.807, 2.05) is 0 Å². The normalized spacial score (nSPS) is 14.8. The summed E-state index contributed by atoms with van der Waals surface area (Å²) in [7, 11) is 0. The molecule has 0 saturated heterocycles. The highest BCUT2D eigenvalue weighted by molar-refractivity contribution is 5.94. The average Bonchev–Trinajstić information content (AvgIpc) is 3.55. The van der Waals surface area contributed by atoms with Gasteiger partial charge in [-0.15, -0.1) is 10.2 Å². The summed E-state index contributed by atoms with van der Waals surface area (Å²) in [5, 5.41) is 7.38. The van der Waals surface area contributed by atoms with Crippen molar-refractivity contribution in [3.63, 3.8) is 0 Å². The van der Waals surface area contributed by atoms with Crippen LogP contribution in [-0.2, 0) is 0 Å². The molecule has 12 heteroatoms. The van der Waals surface area contributed by atoms with E-state index >= 15 is 4.39 Å². The minimum atomic E-state index is -4.48. The molecule has 5 nitrogen and oxygen atoms in total. The summed E-state index contributed by atoms with van der Waals surface area (Å²) < 4.78 is 97.7.